The van der Waals surface area contributed by atoms with Gasteiger partial charge >= 0.3 is 0 Å². The summed E-state index contributed by atoms with van der Waals surface area (Å²) in [6, 6.07) is 5.93. The number of rotatable bonds is 3. The zero-order chi connectivity index (χ0) is 14.2. The topological polar surface area (TPSA) is 38.1 Å². The van der Waals surface area contributed by atoms with E-state index in [1.54, 1.807) is 19.0 Å². The van der Waals surface area contributed by atoms with E-state index < -0.39 is 0 Å². The van der Waals surface area contributed by atoms with E-state index in [4.69, 9.17) is 11.6 Å². The molecule has 1 unspecified atom stereocenters. The molecule has 0 fully saturated rings. The van der Waals surface area contributed by atoms with Crippen molar-refractivity contribution < 1.29 is 4.79 Å². The smallest absolute Gasteiger partial charge is 0.242 e. The molecule has 1 heterocycles. The fourth-order valence-electron chi connectivity index (χ4n) is 2.12. The van der Waals surface area contributed by atoms with Crippen LogP contribution in [0.2, 0.25) is 0 Å². The lowest BCUT2D eigenvalue weighted by molar-refractivity contribution is -0.129. The molecule has 2 aromatic rings. The molecule has 19 heavy (non-hydrogen) atoms. The number of hydrogen-bond acceptors (Lipinski definition) is 2. The minimum absolute atomic E-state index is 0.0288. The van der Waals surface area contributed by atoms with Crippen molar-refractivity contribution in [2.45, 2.75) is 25.8 Å². The van der Waals surface area contributed by atoms with Gasteiger partial charge in [0.2, 0.25) is 5.91 Å². The number of hydrogen-bond donors (Lipinski definition) is 0. The third-order valence-electron chi connectivity index (χ3n) is 3.15. The predicted octanol–water partition coefficient (Wildman–Crippen LogP) is 2.73. The van der Waals surface area contributed by atoms with E-state index in [2.05, 4.69) is 4.98 Å². The fraction of sp³-hybridized carbons (Fsp3) is 0.429. The van der Waals surface area contributed by atoms with Gasteiger partial charge in [-0.1, -0.05) is 12.1 Å². The van der Waals surface area contributed by atoms with Crippen LogP contribution in [0.5, 0.6) is 0 Å². The molecule has 0 spiro atoms. The highest BCUT2D eigenvalue weighted by molar-refractivity contribution is 6.20. The van der Waals surface area contributed by atoms with Crippen molar-refractivity contribution in [3.05, 3.63) is 29.6 Å². The highest BCUT2D eigenvalue weighted by Gasteiger charge is 2.18. The SMILES string of the molecule is Cc1cccc2nc(C(C)Cl)n(CC(=O)N(C)C)c12. The number of amides is 1. The fourth-order valence-corrected chi connectivity index (χ4v) is 2.29. The molecule has 0 saturated carbocycles. The van der Waals surface area contributed by atoms with Crippen molar-refractivity contribution >= 4 is 28.5 Å². The average Bonchev–Trinajstić information content (AvgIpc) is 2.69. The molecule has 0 aliphatic rings. The summed E-state index contributed by atoms with van der Waals surface area (Å²) in [5.74, 6) is 0.766. The van der Waals surface area contributed by atoms with Gasteiger partial charge in [0.05, 0.1) is 16.4 Å². The molecule has 102 valence electrons. The Kier molecular flexibility index (Phi) is 3.80. The number of benzene rings is 1. The Labute approximate surface area is 118 Å². The molecule has 1 aromatic heterocycles. The highest BCUT2D eigenvalue weighted by Crippen LogP contribution is 2.26. The van der Waals surface area contributed by atoms with E-state index in [9.17, 15) is 4.79 Å². The first-order valence-corrected chi connectivity index (χ1v) is 6.65. The Balaban J connectivity index is 2.61. The average molecular weight is 280 g/mol. The van der Waals surface area contributed by atoms with Crippen LogP contribution in [0.25, 0.3) is 11.0 Å². The van der Waals surface area contributed by atoms with E-state index in [0.29, 0.717) is 0 Å². The lowest BCUT2D eigenvalue weighted by Gasteiger charge is -2.14. The van der Waals surface area contributed by atoms with Gasteiger partial charge in [-0.3, -0.25) is 4.79 Å². The normalized spacial score (nSPS) is 12.7. The Hall–Kier alpha value is -1.55. The highest BCUT2D eigenvalue weighted by atomic mass is 35.5. The summed E-state index contributed by atoms with van der Waals surface area (Å²) in [4.78, 5) is 18.1. The second-order valence-electron chi connectivity index (χ2n) is 4.90. The van der Waals surface area contributed by atoms with Crippen LogP contribution in [0, 0.1) is 6.92 Å². The summed E-state index contributed by atoms with van der Waals surface area (Å²) in [7, 11) is 3.50. The first-order chi connectivity index (χ1) is 8.91. The number of aromatic nitrogens is 2. The Morgan fingerprint density at radius 1 is 1.47 bits per heavy atom. The van der Waals surface area contributed by atoms with E-state index in [0.717, 1.165) is 22.4 Å². The minimum Gasteiger partial charge on any atom is -0.347 e. The number of halogens is 1. The lowest BCUT2D eigenvalue weighted by Crippen LogP contribution is -2.27. The van der Waals surface area contributed by atoms with E-state index in [-0.39, 0.29) is 17.8 Å². The summed E-state index contributed by atoms with van der Waals surface area (Å²) in [5, 5.41) is -0.234. The molecule has 5 heteroatoms. The standard InChI is InChI=1S/C14H18ClN3O/c1-9-6-5-7-11-13(9)18(8-12(19)17(3)4)14(16-11)10(2)15/h5-7,10H,8H2,1-4H3. The largest absolute Gasteiger partial charge is 0.347 e. The summed E-state index contributed by atoms with van der Waals surface area (Å²) in [6.45, 7) is 4.15. The molecule has 1 amide bonds. The van der Waals surface area contributed by atoms with Gasteiger partial charge in [0, 0.05) is 14.1 Å². The number of nitrogens with zero attached hydrogens (tertiary/aromatic N) is 3. The number of likely N-dealkylation sites (N-methyl/N-ethyl adjacent to an activating group) is 1. The van der Waals surface area contributed by atoms with Crippen molar-refractivity contribution in [2.24, 2.45) is 0 Å². The number of para-hydroxylation sites is 1. The lowest BCUT2D eigenvalue weighted by atomic mass is 10.2. The monoisotopic (exact) mass is 279 g/mol. The van der Waals surface area contributed by atoms with Crippen LogP contribution in [0.1, 0.15) is 23.7 Å². The summed E-state index contributed by atoms with van der Waals surface area (Å²) >= 11 is 6.19. The molecule has 4 nitrogen and oxygen atoms in total. The second kappa shape index (κ2) is 5.21. The van der Waals surface area contributed by atoms with E-state index in [1.807, 2.05) is 36.6 Å². The van der Waals surface area contributed by atoms with E-state index >= 15 is 0 Å². The maximum absolute atomic E-state index is 12.0. The predicted molar refractivity (Wildman–Crippen MR) is 77.4 cm³/mol. The first-order valence-electron chi connectivity index (χ1n) is 6.21. The maximum atomic E-state index is 12.0. The van der Waals surface area contributed by atoms with Crippen LogP contribution < -0.4 is 0 Å². The molecule has 0 aliphatic carbocycles. The van der Waals surface area contributed by atoms with Gasteiger partial charge in [-0.2, -0.15) is 0 Å². The van der Waals surface area contributed by atoms with Crippen LogP contribution >= 0.6 is 11.6 Å². The van der Waals surface area contributed by atoms with Gasteiger partial charge in [-0.15, -0.1) is 11.6 Å². The molecule has 2 rings (SSSR count). The molecule has 0 N–H and O–H groups in total. The quantitative estimate of drug-likeness (QED) is 0.810. The van der Waals surface area contributed by atoms with E-state index in [1.165, 1.54) is 0 Å². The summed E-state index contributed by atoms with van der Waals surface area (Å²) in [5.41, 5.74) is 2.97. The van der Waals surface area contributed by atoms with Crippen LogP contribution in [-0.4, -0.2) is 34.5 Å². The van der Waals surface area contributed by atoms with Crippen LogP contribution in [0.4, 0.5) is 0 Å². The molecule has 0 aliphatic heterocycles. The summed E-state index contributed by atoms with van der Waals surface area (Å²) in [6.07, 6.45) is 0. The Morgan fingerprint density at radius 3 is 2.74 bits per heavy atom. The third kappa shape index (κ3) is 2.59. The van der Waals surface area contributed by atoms with Crippen molar-refractivity contribution in [1.82, 2.24) is 14.5 Å². The van der Waals surface area contributed by atoms with Gasteiger partial charge < -0.3 is 9.47 Å². The molecular weight excluding hydrogens is 262 g/mol. The number of alkyl halides is 1. The zero-order valence-corrected chi connectivity index (χ0v) is 12.4. The van der Waals surface area contributed by atoms with Gasteiger partial charge in [0.15, 0.2) is 0 Å². The van der Waals surface area contributed by atoms with Crippen LogP contribution in [0.15, 0.2) is 18.2 Å². The minimum atomic E-state index is -0.234. The van der Waals surface area contributed by atoms with Crippen molar-refractivity contribution in [2.75, 3.05) is 14.1 Å². The van der Waals surface area contributed by atoms with Gasteiger partial charge in [0.25, 0.3) is 0 Å². The first kappa shape index (κ1) is 13.9. The number of fused-ring (bicyclic) bond motifs is 1. The molecule has 0 saturated heterocycles. The van der Waals surface area contributed by atoms with Crippen LogP contribution in [-0.2, 0) is 11.3 Å². The van der Waals surface area contributed by atoms with Gasteiger partial charge in [-0.05, 0) is 25.5 Å². The molecule has 1 aromatic carbocycles. The van der Waals surface area contributed by atoms with Gasteiger partial charge in [-0.25, -0.2) is 4.98 Å². The number of carbonyl (C=O) groups is 1. The Morgan fingerprint density at radius 2 is 2.16 bits per heavy atom. The second-order valence-corrected chi connectivity index (χ2v) is 5.56. The molecular formula is C14H18ClN3O. The van der Waals surface area contributed by atoms with Gasteiger partial charge in [0.1, 0.15) is 12.4 Å². The number of imidazole rings is 1. The number of carbonyl (C=O) groups excluding carboxylic acids is 1. The third-order valence-corrected chi connectivity index (χ3v) is 3.34. The molecule has 1 atom stereocenters. The van der Waals surface area contributed by atoms with Crippen molar-refractivity contribution in [1.29, 1.82) is 0 Å². The molecule has 0 bridgehead atoms. The summed E-state index contributed by atoms with van der Waals surface area (Å²) < 4.78 is 1.92. The zero-order valence-electron chi connectivity index (χ0n) is 11.6. The number of aryl methyl sites for hydroxylation is 1. The Bertz CT molecular complexity index is 616. The van der Waals surface area contributed by atoms with Crippen molar-refractivity contribution in [3.63, 3.8) is 0 Å². The van der Waals surface area contributed by atoms with Crippen molar-refractivity contribution in [3.8, 4) is 0 Å². The molecule has 0 radical (unpaired) electrons. The maximum Gasteiger partial charge on any atom is 0.242 e. The van der Waals surface area contributed by atoms with Crippen LogP contribution in [0.3, 0.4) is 0 Å².